The largest absolute Gasteiger partial charge is 0.491 e. The SMILES string of the molecule is CCc1ccc(OCCC(=O)N(C)C)c(N)c1. The lowest BCUT2D eigenvalue weighted by molar-refractivity contribution is -0.129. The van der Waals surface area contributed by atoms with Gasteiger partial charge in [0.1, 0.15) is 5.75 Å². The predicted molar refractivity (Wildman–Crippen MR) is 69.0 cm³/mol. The highest BCUT2D eigenvalue weighted by Crippen LogP contribution is 2.22. The molecular weight excluding hydrogens is 216 g/mol. The van der Waals surface area contributed by atoms with Crippen LogP contribution in [0.3, 0.4) is 0 Å². The number of hydrogen-bond acceptors (Lipinski definition) is 3. The fraction of sp³-hybridized carbons (Fsp3) is 0.462. The van der Waals surface area contributed by atoms with Crippen molar-refractivity contribution in [1.29, 1.82) is 0 Å². The highest BCUT2D eigenvalue weighted by Gasteiger charge is 2.05. The molecule has 4 nitrogen and oxygen atoms in total. The molecule has 0 radical (unpaired) electrons. The number of nitrogens with zero attached hydrogens (tertiary/aromatic N) is 1. The van der Waals surface area contributed by atoms with Gasteiger partial charge in [-0.25, -0.2) is 0 Å². The van der Waals surface area contributed by atoms with E-state index in [2.05, 4.69) is 6.92 Å². The second kappa shape index (κ2) is 6.13. The predicted octanol–water partition coefficient (Wildman–Crippen LogP) is 1.69. The summed E-state index contributed by atoms with van der Waals surface area (Å²) in [7, 11) is 3.46. The number of amides is 1. The van der Waals surface area contributed by atoms with E-state index >= 15 is 0 Å². The van der Waals surface area contributed by atoms with E-state index in [0.717, 1.165) is 6.42 Å². The number of nitrogen functional groups attached to an aromatic ring is 1. The highest BCUT2D eigenvalue weighted by atomic mass is 16.5. The molecule has 94 valence electrons. The average molecular weight is 236 g/mol. The van der Waals surface area contributed by atoms with Crippen LogP contribution in [0.2, 0.25) is 0 Å². The molecule has 0 aromatic heterocycles. The summed E-state index contributed by atoms with van der Waals surface area (Å²) >= 11 is 0. The van der Waals surface area contributed by atoms with Crippen molar-refractivity contribution in [2.24, 2.45) is 0 Å². The number of anilines is 1. The fourth-order valence-corrected chi connectivity index (χ4v) is 1.42. The number of nitrogens with two attached hydrogens (primary N) is 1. The molecule has 0 heterocycles. The molecule has 1 aromatic carbocycles. The molecule has 1 rings (SSSR count). The normalized spacial score (nSPS) is 10.1. The second-order valence-corrected chi connectivity index (χ2v) is 4.11. The summed E-state index contributed by atoms with van der Waals surface area (Å²) in [5.74, 6) is 0.697. The van der Waals surface area contributed by atoms with Gasteiger partial charge >= 0.3 is 0 Å². The summed E-state index contributed by atoms with van der Waals surface area (Å²) in [5, 5.41) is 0. The topological polar surface area (TPSA) is 55.6 Å². The van der Waals surface area contributed by atoms with Gasteiger partial charge in [-0.15, -0.1) is 0 Å². The van der Waals surface area contributed by atoms with Gasteiger partial charge in [-0.3, -0.25) is 4.79 Å². The summed E-state index contributed by atoms with van der Waals surface area (Å²) in [4.78, 5) is 12.9. The van der Waals surface area contributed by atoms with Crippen molar-refractivity contribution in [3.63, 3.8) is 0 Å². The van der Waals surface area contributed by atoms with Gasteiger partial charge in [-0.2, -0.15) is 0 Å². The van der Waals surface area contributed by atoms with Gasteiger partial charge in [0, 0.05) is 14.1 Å². The van der Waals surface area contributed by atoms with E-state index in [1.54, 1.807) is 19.0 Å². The van der Waals surface area contributed by atoms with E-state index in [9.17, 15) is 4.79 Å². The van der Waals surface area contributed by atoms with Gasteiger partial charge < -0.3 is 15.4 Å². The minimum absolute atomic E-state index is 0.0498. The molecule has 4 heteroatoms. The van der Waals surface area contributed by atoms with Gasteiger partial charge in [0.15, 0.2) is 0 Å². The zero-order valence-electron chi connectivity index (χ0n) is 10.7. The van der Waals surface area contributed by atoms with Gasteiger partial charge in [-0.05, 0) is 24.1 Å². The van der Waals surface area contributed by atoms with Crippen molar-refractivity contribution < 1.29 is 9.53 Å². The van der Waals surface area contributed by atoms with Crippen LogP contribution >= 0.6 is 0 Å². The zero-order valence-corrected chi connectivity index (χ0v) is 10.7. The third-order valence-electron chi connectivity index (χ3n) is 2.55. The van der Waals surface area contributed by atoms with E-state index in [4.69, 9.17) is 10.5 Å². The Kier molecular flexibility index (Phi) is 4.82. The zero-order chi connectivity index (χ0) is 12.8. The van der Waals surface area contributed by atoms with Crippen molar-refractivity contribution >= 4 is 11.6 Å². The first-order chi connectivity index (χ1) is 8.04. The number of ether oxygens (including phenoxy) is 1. The summed E-state index contributed by atoms with van der Waals surface area (Å²) < 4.78 is 5.48. The molecule has 0 saturated heterocycles. The summed E-state index contributed by atoms with van der Waals surface area (Å²) in [6.07, 6.45) is 1.31. The number of hydrogen-bond donors (Lipinski definition) is 1. The maximum atomic E-state index is 11.3. The minimum Gasteiger partial charge on any atom is -0.491 e. The Bertz CT molecular complexity index is 389. The third-order valence-corrected chi connectivity index (χ3v) is 2.55. The van der Waals surface area contributed by atoms with Crippen molar-refractivity contribution in [3.8, 4) is 5.75 Å². The fourth-order valence-electron chi connectivity index (χ4n) is 1.42. The van der Waals surface area contributed by atoms with Gasteiger partial charge in [0.25, 0.3) is 0 Å². The van der Waals surface area contributed by atoms with Crippen molar-refractivity contribution in [2.45, 2.75) is 19.8 Å². The molecular formula is C13H20N2O2. The lowest BCUT2D eigenvalue weighted by atomic mass is 10.1. The van der Waals surface area contributed by atoms with Crippen LogP contribution in [-0.2, 0) is 11.2 Å². The maximum absolute atomic E-state index is 11.3. The van der Waals surface area contributed by atoms with Crippen LogP contribution in [0.25, 0.3) is 0 Å². The van der Waals surface area contributed by atoms with Crippen LogP contribution in [0.5, 0.6) is 5.75 Å². The Morgan fingerprint density at radius 3 is 2.65 bits per heavy atom. The first-order valence-electron chi connectivity index (χ1n) is 5.76. The smallest absolute Gasteiger partial charge is 0.225 e. The van der Waals surface area contributed by atoms with E-state index < -0.39 is 0 Å². The molecule has 0 aliphatic carbocycles. The van der Waals surface area contributed by atoms with Crippen molar-refractivity contribution in [1.82, 2.24) is 4.90 Å². The summed E-state index contributed by atoms with van der Waals surface area (Å²) in [6, 6.07) is 5.75. The molecule has 0 saturated carbocycles. The molecule has 0 aliphatic heterocycles. The van der Waals surface area contributed by atoms with Crippen LogP contribution in [0.4, 0.5) is 5.69 Å². The van der Waals surface area contributed by atoms with Gasteiger partial charge in [0.2, 0.25) is 5.91 Å². The minimum atomic E-state index is 0.0498. The van der Waals surface area contributed by atoms with Crippen LogP contribution < -0.4 is 10.5 Å². The van der Waals surface area contributed by atoms with Crippen LogP contribution in [0, 0.1) is 0 Å². The molecule has 17 heavy (non-hydrogen) atoms. The number of benzene rings is 1. The molecule has 1 amide bonds. The van der Waals surface area contributed by atoms with Gasteiger partial charge in [-0.1, -0.05) is 13.0 Å². The average Bonchev–Trinajstić information content (AvgIpc) is 2.30. The number of aryl methyl sites for hydroxylation is 1. The molecule has 2 N–H and O–H groups in total. The molecule has 0 spiro atoms. The van der Waals surface area contributed by atoms with E-state index in [1.807, 2.05) is 18.2 Å². The highest BCUT2D eigenvalue weighted by molar-refractivity contribution is 5.75. The molecule has 0 bridgehead atoms. The second-order valence-electron chi connectivity index (χ2n) is 4.11. The van der Waals surface area contributed by atoms with Crippen LogP contribution in [0.15, 0.2) is 18.2 Å². The number of carbonyl (C=O) groups is 1. The lowest BCUT2D eigenvalue weighted by Gasteiger charge is -2.12. The Labute approximate surface area is 102 Å². The van der Waals surface area contributed by atoms with E-state index in [1.165, 1.54) is 5.56 Å². The Morgan fingerprint density at radius 1 is 1.41 bits per heavy atom. The Morgan fingerprint density at radius 2 is 2.12 bits per heavy atom. The maximum Gasteiger partial charge on any atom is 0.225 e. The quantitative estimate of drug-likeness (QED) is 0.791. The molecule has 1 aromatic rings. The molecule has 0 fully saturated rings. The van der Waals surface area contributed by atoms with E-state index in [-0.39, 0.29) is 5.91 Å². The van der Waals surface area contributed by atoms with Crippen molar-refractivity contribution in [3.05, 3.63) is 23.8 Å². The molecule has 0 atom stereocenters. The lowest BCUT2D eigenvalue weighted by Crippen LogP contribution is -2.23. The summed E-state index contributed by atoms with van der Waals surface area (Å²) in [6.45, 7) is 2.43. The monoisotopic (exact) mass is 236 g/mol. The molecule has 0 aliphatic rings. The van der Waals surface area contributed by atoms with Gasteiger partial charge in [0.05, 0.1) is 18.7 Å². The summed E-state index contributed by atoms with van der Waals surface area (Å²) in [5.41, 5.74) is 7.66. The first-order valence-corrected chi connectivity index (χ1v) is 5.76. The number of rotatable bonds is 5. The first kappa shape index (κ1) is 13.4. The standard InChI is InChI=1S/C13H20N2O2/c1-4-10-5-6-12(11(14)9-10)17-8-7-13(16)15(2)3/h5-6,9H,4,7-8,14H2,1-3H3. The van der Waals surface area contributed by atoms with E-state index in [0.29, 0.717) is 24.5 Å². The van der Waals surface area contributed by atoms with Crippen LogP contribution in [0.1, 0.15) is 18.9 Å². The van der Waals surface area contributed by atoms with Crippen LogP contribution in [-0.4, -0.2) is 31.5 Å². The Balaban J connectivity index is 2.50. The number of carbonyl (C=O) groups excluding carboxylic acids is 1. The Hall–Kier alpha value is -1.71. The van der Waals surface area contributed by atoms with Crippen molar-refractivity contribution in [2.75, 3.05) is 26.4 Å². The molecule has 0 unspecified atom stereocenters. The third kappa shape index (κ3) is 3.98.